The van der Waals surface area contributed by atoms with E-state index >= 15 is 0 Å². The first kappa shape index (κ1) is 10.5. The van der Waals surface area contributed by atoms with Crippen molar-refractivity contribution in [2.75, 3.05) is 0 Å². The van der Waals surface area contributed by atoms with Crippen molar-refractivity contribution in [3.05, 3.63) is 0 Å². The molecular weight excluding hydrogens is 168 g/mol. The van der Waals surface area contributed by atoms with Crippen molar-refractivity contribution >= 4 is 5.97 Å². The van der Waals surface area contributed by atoms with Gasteiger partial charge >= 0.3 is 5.97 Å². The van der Waals surface area contributed by atoms with Crippen LogP contribution in [0, 0.1) is 5.41 Å². The monoisotopic (exact) mass is 186 g/mol. The minimum Gasteiger partial charge on any atom is -0.481 e. The molecule has 1 rings (SSSR count). The Balaban J connectivity index is 3.07. The van der Waals surface area contributed by atoms with E-state index in [0.29, 0.717) is 6.42 Å². The summed E-state index contributed by atoms with van der Waals surface area (Å²) >= 11 is 0. The lowest BCUT2D eigenvalue weighted by Crippen LogP contribution is -2.43. The maximum atomic E-state index is 11.1. The van der Waals surface area contributed by atoms with Crippen LogP contribution in [0.4, 0.5) is 0 Å². The predicted molar refractivity (Wildman–Crippen MR) is 49.6 cm³/mol. The van der Waals surface area contributed by atoms with Crippen molar-refractivity contribution in [2.24, 2.45) is 5.41 Å². The molecule has 13 heavy (non-hydrogen) atoms. The molecular formula is C10H18O3. The molecule has 0 aromatic carbocycles. The SMILES string of the molecule is CC1(C)CC(C)(C(=O)O)C(C)(C)O1. The van der Waals surface area contributed by atoms with E-state index < -0.39 is 17.0 Å². The maximum Gasteiger partial charge on any atom is 0.312 e. The highest BCUT2D eigenvalue weighted by Crippen LogP contribution is 2.50. The number of rotatable bonds is 1. The van der Waals surface area contributed by atoms with E-state index in [9.17, 15) is 4.79 Å². The maximum absolute atomic E-state index is 11.1. The molecule has 1 aliphatic rings. The Morgan fingerprint density at radius 2 is 1.69 bits per heavy atom. The van der Waals surface area contributed by atoms with E-state index in [2.05, 4.69) is 0 Å². The van der Waals surface area contributed by atoms with E-state index in [0.717, 1.165) is 0 Å². The van der Waals surface area contributed by atoms with Gasteiger partial charge in [0, 0.05) is 0 Å². The minimum atomic E-state index is -0.781. The van der Waals surface area contributed by atoms with Crippen LogP contribution in [0.25, 0.3) is 0 Å². The smallest absolute Gasteiger partial charge is 0.312 e. The highest BCUT2D eigenvalue weighted by atomic mass is 16.5. The Kier molecular flexibility index (Phi) is 2.00. The Labute approximate surface area is 79.1 Å². The van der Waals surface area contributed by atoms with Gasteiger partial charge in [0.25, 0.3) is 0 Å². The molecule has 0 amide bonds. The van der Waals surface area contributed by atoms with Crippen LogP contribution in [0.2, 0.25) is 0 Å². The number of ether oxygens (including phenoxy) is 1. The van der Waals surface area contributed by atoms with Gasteiger partial charge in [-0.05, 0) is 41.0 Å². The molecule has 1 aliphatic heterocycles. The molecule has 1 N–H and O–H groups in total. The van der Waals surface area contributed by atoms with Crippen LogP contribution in [0.5, 0.6) is 0 Å². The summed E-state index contributed by atoms with van der Waals surface area (Å²) in [6.45, 7) is 9.31. The van der Waals surface area contributed by atoms with E-state index in [4.69, 9.17) is 9.84 Å². The average Bonchev–Trinajstić information content (AvgIpc) is 1.97. The zero-order valence-corrected chi connectivity index (χ0v) is 8.97. The molecule has 1 unspecified atom stereocenters. The average molecular weight is 186 g/mol. The summed E-state index contributed by atoms with van der Waals surface area (Å²) < 4.78 is 5.73. The number of carboxylic acid groups (broad SMARTS) is 1. The van der Waals surface area contributed by atoms with Crippen molar-refractivity contribution in [2.45, 2.75) is 52.2 Å². The normalized spacial score (nSPS) is 36.1. The van der Waals surface area contributed by atoms with Gasteiger partial charge in [0.15, 0.2) is 0 Å². The van der Waals surface area contributed by atoms with E-state index in [-0.39, 0.29) is 5.60 Å². The summed E-state index contributed by atoms with van der Waals surface area (Å²) in [6.07, 6.45) is 0.558. The standard InChI is InChI=1S/C10H18O3/c1-8(2)6-10(5,7(11)12)9(3,4)13-8/h6H2,1-5H3,(H,11,12). The number of hydrogen-bond acceptors (Lipinski definition) is 2. The molecule has 0 aliphatic carbocycles. The molecule has 0 saturated carbocycles. The van der Waals surface area contributed by atoms with Gasteiger partial charge in [0.1, 0.15) is 0 Å². The Bertz CT molecular complexity index is 243. The first-order chi connectivity index (χ1) is 5.61. The molecule has 0 aromatic heterocycles. The summed E-state index contributed by atoms with van der Waals surface area (Å²) in [5.74, 6) is -0.775. The first-order valence-corrected chi connectivity index (χ1v) is 4.54. The second kappa shape index (κ2) is 2.47. The molecule has 3 nitrogen and oxygen atoms in total. The Morgan fingerprint density at radius 3 is 1.85 bits per heavy atom. The number of hydrogen-bond donors (Lipinski definition) is 1. The highest BCUT2D eigenvalue weighted by molar-refractivity contribution is 5.76. The van der Waals surface area contributed by atoms with Gasteiger partial charge in [0.2, 0.25) is 0 Å². The lowest BCUT2D eigenvalue weighted by Gasteiger charge is -2.32. The third-order valence-electron chi connectivity index (χ3n) is 3.11. The van der Waals surface area contributed by atoms with Crippen molar-refractivity contribution in [1.29, 1.82) is 0 Å². The molecule has 0 bridgehead atoms. The molecule has 1 atom stereocenters. The molecule has 1 heterocycles. The predicted octanol–water partition coefficient (Wildman–Crippen LogP) is 2.05. The van der Waals surface area contributed by atoms with Crippen molar-refractivity contribution in [3.8, 4) is 0 Å². The second-order valence-corrected chi connectivity index (χ2v) is 5.19. The lowest BCUT2D eigenvalue weighted by molar-refractivity contribution is -0.158. The van der Waals surface area contributed by atoms with Crippen LogP contribution in [0.3, 0.4) is 0 Å². The van der Waals surface area contributed by atoms with E-state index in [1.807, 2.05) is 27.7 Å². The van der Waals surface area contributed by atoms with Gasteiger partial charge in [0.05, 0.1) is 16.6 Å². The molecule has 0 spiro atoms. The molecule has 76 valence electrons. The van der Waals surface area contributed by atoms with Gasteiger partial charge in [-0.1, -0.05) is 0 Å². The fraction of sp³-hybridized carbons (Fsp3) is 0.900. The van der Waals surface area contributed by atoms with Gasteiger partial charge in [-0.15, -0.1) is 0 Å². The van der Waals surface area contributed by atoms with Gasteiger partial charge < -0.3 is 9.84 Å². The summed E-state index contributed by atoms with van der Waals surface area (Å²) in [5.41, 5.74) is -1.71. The molecule has 3 heteroatoms. The quantitative estimate of drug-likeness (QED) is 0.681. The Morgan fingerprint density at radius 1 is 1.23 bits per heavy atom. The summed E-state index contributed by atoms with van der Waals surface area (Å²) in [6, 6.07) is 0. The van der Waals surface area contributed by atoms with Crippen LogP contribution in [-0.4, -0.2) is 22.3 Å². The molecule has 0 aromatic rings. The van der Waals surface area contributed by atoms with Crippen LogP contribution < -0.4 is 0 Å². The molecule has 1 saturated heterocycles. The van der Waals surface area contributed by atoms with Gasteiger partial charge in [-0.3, -0.25) is 4.79 Å². The topological polar surface area (TPSA) is 46.5 Å². The minimum absolute atomic E-state index is 0.337. The van der Waals surface area contributed by atoms with Crippen molar-refractivity contribution in [3.63, 3.8) is 0 Å². The zero-order chi connectivity index (χ0) is 10.5. The van der Waals surface area contributed by atoms with Crippen LogP contribution >= 0.6 is 0 Å². The second-order valence-electron chi connectivity index (χ2n) is 5.19. The van der Waals surface area contributed by atoms with E-state index in [1.54, 1.807) is 6.92 Å². The van der Waals surface area contributed by atoms with Crippen LogP contribution in [0.15, 0.2) is 0 Å². The van der Waals surface area contributed by atoms with Crippen LogP contribution in [0.1, 0.15) is 41.0 Å². The highest BCUT2D eigenvalue weighted by Gasteiger charge is 2.58. The molecule has 0 radical (unpaired) electrons. The van der Waals surface area contributed by atoms with Crippen LogP contribution in [-0.2, 0) is 9.53 Å². The number of carbonyl (C=O) groups is 1. The lowest BCUT2D eigenvalue weighted by atomic mass is 9.73. The summed E-state index contributed by atoms with van der Waals surface area (Å²) in [5, 5.41) is 9.16. The summed E-state index contributed by atoms with van der Waals surface area (Å²) in [4.78, 5) is 11.1. The third-order valence-corrected chi connectivity index (χ3v) is 3.11. The van der Waals surface area contributed by atoms with Gasteiger partial charge in [-0.2, -0.15) is 0 Å². The van der Waals surface area contributed by atoms with Crippen molar-refractivity contribution in [1.82, 2.24) is 0 Å². The third kappa shape index (κ3) is 1.46. The summed E-state index contributed by atoms with van der Waals surface area (Å²) in [7, 11) is 0. The first-order valence-electron chi connectivity index (χ1n) is 4.54. The largest absolute Gasteiger partial charge is 0.481 e. The van der Waals surface area contributed by atoms with E-state index in [1.165, 1.54) is 0 Å². The zero-order valence-electron chi connectivity index (χ0n) is 8.97. The van der Waals surface area contributed by atoms with Crippen molar-refractivity contribution < 1.29 is 14.6 Å². The molecule has 1 fully saturated rings. The Hall–Kier alpha value is -0.570. The number of aliphatic carboxylic acids is 1. The fourth-order valence-electron chi connectivity index (χ4n) is 2.24. The van der Waals surface area contributed by atoms with Gasteiger partial charge in [-0.25, -0.2) is 0 Å². The fourth-order valence-corrected chi connectivity index (χ4v) is 2.24. The number of carboxylic acids is 1.